The van der Waals surface area contributed by atoms with Crippen LogP contribution in [0, 0.1) is 5.92 Å². The molecule has 0 aliphatic heterocycles. The number of hydrogen-bond acceptors (Lipinski definition) is 0. The summed E-state index contributed by atoms with van der Waals surface area (Å²) >= 11 is 0. The Balaban J connectivity index is 2.46. The molecule has 1 aliphatic carbocycles. The molecule has 0 heteroatoms. The summed E-state index contributed by atoms with van der Waals surface area (Å²) in [5.41, 5.74) is 2.82. The molecule has 0 bridgehead atoms. The molecule has 2 rings (SSSR count). The number of fused-ring (bicyclic) bond motifs is 1. The smallest absolute Gasteiger partial charge is 0.00111 e. The topological polar surface area (TPSA) is 0 Å². The van der Waals surface area contributed by atoms with Gasteiger partial charge in [-0.3, -0.25) is 0 Å². The van der Waals surface area contributed by atoms with Gasteiger partial charge in [-0.25, -0.2) is 0 Å². The number of hydrogen-bond donors (Lipinski definition) is 0. The first-order chi connectivity index (χ1) is 5.36. The zero-order valence-electron chi connectivity index (χ0n) is 6.67. The molecule has 1 aromatic carbocycles. The van der Waals surface area contributed by atoms with Crippen molar-refractivity contribution in [2.45, 2.75) is 13.3 Å². The zero-order valence-corrected chi connectivity index (χ0v) is 6.67. The minimum Gasteiger partial charge on any atom is -0.0768 e. The molecule has 11 heavy (non-hydrogen) atoms. The SMILES string of the molecule is C[C]1C=Cc2ccccc2C1. The molecule has 0 heterocycles. The van der Waals surface area contributed by atoms with Gasteiger partial charge in [0, 0.05) is 0 Å². The molecule has 0 saturated heterocycles. The molecular weight excluding hydrogens is 132 g/mol. The third-order valence-electron chi connectivity index (χ3n) is 2.07. The second-order valence-corrected chi connectivity index (χ2v) is 3.06. The summed E-state index contributed by atoms with van der Waals surface area (Å²) in [6, 6.07) is 8.55. The van der Waals surface area contributed by atoms with E-state index in [1.54, 1.807) is 0 Å². The lowest BCUT2D eigenvalue weighted by molar-refractivity contribution is 1.01. The number of rotatable bonds is 0. The highest BCUT2D eigenvalue weighted by atomic mass is 14.1. The van der Waals surface area contributed by atoms with Gasteiger partial charge in [0.15, 0.2) is 0 Å². The van der Waals surface area contributed by atoms with Gasteiger partial charge in [0.25, 0.3) is 0 Å². The van der Waals surface area contributed by atoms with Crippen LogP contribution in [0.2, 0.25) is 0 Å². The minimum atomic E-state index is 1.12. The van der Waals surface area contributed by atoms with Crippen LogP contribution in [-0.2, 0) is 6.42 Å². The van der Waals surface area contributed by atoms with Gasteiger partial charge in [0.2, 0.25) is 0 Å². The lowest BCUT2D eigenvalue weighted by atomic mass is 9.91. The van der Waals surface area contributed by atoms with Crippen molar-refractivity contribution in [1.82, 2.24) is 0 Å². The van der Waals surface area contributed by atoms with Crippen molar-refractivity contribution in [2.24, 2.45) is 0 Å². The van der Waals surface area contributed by atoms with Crippen molar-refractivity contribution in [3.63, 3.8) is 0 Å². The van der Waals surface area contributed by atoms with E-state index in [1.807, 2.05) is 0 Å². The largest absolute Gasteiger partial charge is 0.0768 e. The van der Waals surface area contributed by atoms with Gasteiger partial charge in [-0.1, -0.05) is 43.3 Å². The van der Waals surface area contributed by atoms with E-state index in [0.29, 0.717) is 0 Å². The van der Waals surface area contributed by atoms with Crippen LogP contribution in [0.3, 0.4) is 0 Å². The average molecular weight is 143 g/mol. The first kappa shape index (κ1) is 6.66. The Bertz CT molecular complexity index is 284. The Kier molecular flexibility index (Phi) is 1.54. The molecule has 0 amide bonds. The average Bonchev–Trinajstić information content (AvgIpc) is 2.04. The van der Waals surface area contributed by atoms with E-state index < -0.39 is 0 Å². The van der Waals surface area contributed by atoms with Crippen LogP contribution in [0.1, 0.15) is 18.1 Å². The molecule has 0 saturated carbocycles. The summed E-state index contributed by atoms with van der Waals surface area (Å²) in [6.45, 7) is 2.17. The van der Waals surface area contributed by atoms with E-state index in [-0.39, 0.29) is 0 Å². The normalized spacial score (nSPS) is 16.5. The maximum atomic E-state index is 2.20. The minimum absolute atomic E-state index is 1.12. The van der Waals surface area contributed by atoms with E-state index in [9.17, 15) is 0 Å². The predicted molar refractivity (Wildman–Crippen MR) is 48.1 cm³/mol. The highest BCUT2D eigenvalue weighted by Gasteiger charge is 2.07. The van der Waals surface area contributed by atoms with Crippen LogP contribution in [-0.4, -0.2) is 0 Å². The molecule has 55 valence electrons. The molecule has 0 atom stereocenters. The molecule has 1 aliphatic rings. The molecule has 0 fully saturated rings. The Morgan fingerprint density at radius 2 is 1.91 bits per heavy atom. The third kappa shape index (κ3) is 1.21. The van der Waals surface area contributed by atoms with Gasteiger partial charge in [-0.2, -0.15) is 0 Å². The highest BCUT2D eigenvalue weighted by molar-refractivity contribution is 5.59. The molecule has 0 unspecified atom stereocenters. The standard InChI is InChI=1S/C11H11/c1-9-6-7-10-4-2-3-5-11(10)8-9/h2-7H,8H2,1H3. The Morgan fingerprint density at radius 1 is 1.09 bits per heavy atom. The molecule has 0 aromatic heterocycles. The van der Waals surface area contributed by atoms with Crippen LogP contribution >= 0.6 is 0 Å². The second-order valence-electron chi connectivity index (χ2n) is 3.06. The molecule has 1 radical (unpaired) electrons. The lowest BCUT2D eigenvalue weighted by Crippen LogP contribution is -2.00. The fourth-order valence-corrected chi connectivity index (χ4v) is 1.45. The van der Waals surface area contributed by atoms with E-state index >= 15 is 0 Å². The fourth-order valence-electron chi connectivity index (χ4n) is 1.45. The summed E-state index contributed by atoms with van der Waals surface area (Å²) in [4.78, 5) is 0. The Labute approximate surface area is 67.6 Å². The van der Waals surface area contributed by atoms with Crippen LogP contribution in [0.4, 0.5) is 0 Å². The number of benzene rings is 1. The van der Waals surface area contributed by atoms with Crippen LogP contribution in [0.5, 0.6) is 0 Å². The summed E-state index contributed by atoms with van der Waals surface area (Å²) in [5.74, 6) is 1.45. The first-order valence-electron chi connectivity index (χ1n) is 3.95. The maximum Gasteiger partial charge on any atom is -0.00111 e. The first-order valence-corrected chi connectivity index (χ1v) is 3.95. The van der Waals surface area contributed by atoms with Gasteiger partial charge in [0.1, 0.15) is 0 Å². The number of allylic oxidation sites excluding steroid dienone is 1. The second kappa shape index (κ2) is 2.54. The molecular formula is C11H11. The van der Waals surface area contributed by atoms with Crippen LogP contribution in [0.15, 0.2) is 30.3 Å². The van der Waals surface area contributed by atoms with Crippen LogP contribution < -0.4 is 0 Å². The van der Waals surface area contributed by atoms with Crippen molar-refractivity contribution in [2.75, 3.05) is 0 Å². The molecule has 0 nitrogen and oxygen atoms in total. The van der Waals surface area contributed by atoms with Crippen LogP contribution in [0.25, 0.3) is 6.08 Å². The van der Waals surface area contributed by atoms with E-state index in [0.717, 1.165) is 6.42 Å². The van der Waals surface area contributed by atoms with Gasteiger partial charge < -0.3 is 0 Å². The van der Waals surface area contributed by atoms with Gasteiger partial charge in [-0.15, -0.1) is 0 Å². The highest BCUT2D eigenvalue weighted by Crippen LogP contribution is 2.22. The predicted octanol–water partition coefficient (Wildman–Crippen LogP) is 2.85. The molecule has 1 aromatic rings. The maximum absolute atomic E-state index is 2.20. The van der Waals surface area contributed by atoms with Crippen molar-refractivity contribution < 1.29 is 0 Å². The van der Waals surface area contributed by atoms with E-state index in [2.05, 4.69) is 43.3 Å². The zero-order chi connectivity index (χ0) is 7.68. The Morgan fingerprint density at radius 3 is 2.82 bits per heavy atom. The van der Waals surface area contributed by atoms with Gasteiger partial charge in [0.05, 0.1) is 0 Å². The quantitative estimate of drug-likeness (QED) is 0.524. The van der Waals surface area contributed by atoms with Crippen molar-refractivity contribution >= 4 is 6.08 Å². The third-order valence-corrected chi connectivity index (χ3v) is 2.07. The van der Waals surface area contributed by atoms with Crippen molar-refractivity contribution in [3.8, 4) is 0 Å². The van der Waals surface area contributed by atoms with Gasteiger partial charge >= 0.3 is 0 Å². The summed E-state index contributed by atoms with van der Waals surface area (Å²) in [7, 11) is 0. The molecule has 0 spiro atoms. The Hall–Kier alpha value is -1.04. The van der Waals surface area contributed by atoms with E-state index in [1.165, 1.54) is 17.0 Å². The summed E-state index contributed by atoms with van der Waals surface area (Å²) in [6.07, 6.45) is 5.50. The summed E-state index contributed by atoms with van der Waals surface area (Å²) in [5, 5.41) is 0. The summed E-state index contributed by atoms with van der Waals surface area (Å²) < 4.78 is 0. The lowest BCUT2D eigenvalue weighted by Gasteiger charge is -2.14. The van der Waals surface area contributed by atoms with Crippen molar-refractivity contribution in [1.29, 1.82) is 0 Å². The fraction of sp³-hybridized carbons (Fsp3) is 0.182. The van der Waals surface area contributed by atoms with Crippen molar-refractivity contribution in [3.05, 3.63) is 47.4 Å². The van der Waals surface area contributed by atoms with Gasteiger partial charge in [-0.05, 0) is 23.5 Å². The monoisotopic (exact) mass is 143 g/mol. The molecule has 0 N–H and O–H groups in total. The van der Waals surface area contributed by atoms with E-state index in [4.69, 9.17) is 0 Å².